The molecular formula is C21H27N3O3. The molecule has 0 unspecified atom stereocenters. The first-order chi connectivity index (χ1) is 13.0. The van der Waals surface area contributed by atoms with Gasteiger partial charge in [0, 0.05) is 24.0 Å². The van der Waals surface area contributed by atoms with Crippen molar-refractivity contribution in [1.82, 2.24) is 14.8 Å². The third-order valence-corrected chi connectivity index (χ3v) is 6.09. The number of hydrogen-bond donors (Lipinski definition) is 1. The van der Waals surface area contributed by atoms with Gasteiger partial charge in [0.2, 0.25) is 5.91 Å². The first-order valence-electron chi connectivity index (χ1n) is 9.79. The maximum Gasteiger partial charge on any atom is 0.254 e. The Hall–Kier alpha value is -2.50. The number of carbonyl (C=O) groups excluding carboxylic acids is 2. The minimum Gasteiger partial charge on any atom is -0.497 e. The van der Waals surface area contributed by atoms with Crippen molar-refractivity contribution < 1.29 is 14.3 Å². The maximum atomic E-state index is 13.5. The van der Waals surface area contributed by atoms with E-state index in [0.29, 0.717) is 13.1 Å². The number of methoxy groups -OCH3 is 1. The van der Waals surface area contributed by atoms with Crippen molar-refractivity contribution >= 4 is 22.7 Å². The van der Waals surface area contributed by atoms with Gasteiger partial charge >= 0.3 is 0 Å². The average Bonchev–Trinajstić information content (AvgIpc) is 3.05. The molecule has 2 aliphatic heterocycles. The standard InChI is InChI=1S/C21H27N3O3/c1-4-5-6-10-23-13-18(25)24-11-9-15-16-12-14(27-3)7-8-17(16)22-19(15)21(24,2)20(23)26/h7-8,12,22H,4-6,9-11,13H2,1-3H3/t21-/m1/s1. The lowest BCUT2D eigenvalue weighted by Gasteiger charge is -2.49. The van der Waals surface area contributed by atoms with Crippen LogP contribution in [0.1, 0.15) is 44.4 Å². The number of nitrogens with zero attached hydrogens (tertiary/aromatic N) is 2. The zero-order valence-electron chi connectivity index (χ0n) is 16.3. The van der Waals surface area contributed by atoms with Crippen LogP contribution in [-0.4, -0.2) is 53.3 Å². The molecule has 3 heterocycles. The highest BCUT2D eigenvalue weighted by atomic mass is 16.5. The van der Waals surface area contributed by atoms with Gasteiger partial charge in [0.25, 0.3) is 5.91 Å². The fourth-order valence-corrected chi connectivity index (χ4v) is 4.57. The quantitative estimate of drug-likeness (QED) is 0.824. The second-order valence-corrected chi connectivity index (χ2v) is 7.69. The van der Waals surface area contributed by atoms with Gasteiger partial charge in [-0.25, -0.2) is 0 Å². The molecular weight excluding hydrogens is 342 g/mol. The van der Waals surface area contributed by atoms with Gasteiger partial charge in [0.05, 0.1) is 19.3 Å². The summed E-state index contributed by atoms with van der Waals surface area (Å²) in [6.07, 6.45) is 3.83. The SMILES string of the molecule is CCCCCN1CC(=O)N2CCc3c([nH]c4ccc(OC)cc34)[C@]2(C)C1=O. The number of H-pyrrole nitrogens is 1. The third kappa shape index (κ3) is 2.61. The van der Waals surface area contributed by atoms with Gasteiger partial charge < -0.3 is 19.5 Å². The Morgan fingerprint density at radius 2 is 2.07 bits per heavy atom. The lowest BCUT2D eigenvalue weighted by Crippen LogP contribution is -2.67. The number of aromatic amines is 1. The highest BCUT2D eigenvalue weighted by molar-refractivity contribution is 6.00. The van der Waals surface area contributed by atoms with E-state index in [1.807, 2.05) is 25.1 Å². The van der Waals surface area contributed by atoms with Crippen LogP contribution in [0.15, 0.2) is 18.2 Å². The Morgan fingerprint density at radius 1 is 1.26 bits per heavy atom. The normalized spacial score (nSPS) is 22.2. The Morgan fingerprint density at radius 3 is 2.81 bits per heavy atom. The summed E-state index contributed by atoms with van der Waals surface area (Å²) in [5.41, 5.74) is 2.00. The summed E-state index contributed by atoms with van der Waals surface area (Å²) in [4.78, 5) is 33.3. The van der Waals surface area contributed by atoms with Crippen molar-refractivity contribution in [2.24, 2.45) is 0 Å². The van der Waals surface area contributed by atoms with Crippen LogP contribution >= 0.6 is 0 Å². The molecule has 1 fully saturated rings. The molecule has 1 saturated heterocycles. The summed E-state index contributed by atoms with van der Waals surface area (Å²) in [5.74, 6) is 0.859. The van der Waals surface area contributed by atoms with Gasteiger partial charge in [-0.05, 0) is 43.5 Å². The number of carbonyl (C=O) groups is 2. The first kappa shape index (κ1) is 17.9. The van der Waals surface area contributed by atoms with E-state index >= 15 is 0 Å². The number of ether oxygens (including phenoxy) is 1. The number of unbranched alkanes of at least 4 members (excludes halogenated alkanes) is 2. The maximum absolute atomic E-state index is 13.5. The van der Waals surface area contributed by atoms with E-state index in [-0.39, 0.29) is 18.4 Å². The fraction of sp³-hybridized carbons (Fsp3) is 0.524. The van der Waals surface area contributed by atoms with Crippen LogP contribution in [-0.2, 0) is 21.5 Å². The average molecular weight is 369 g/mol. The van der Waals surface area contributed by atoms with Crippen molar-refractivity contribution in [3.8, 4) is 5.75 Å². The van der Waals surface area contributed by atoms with Gasteiger partial charge in [0.15, 0.2) is 5.54 Å². The lowest BCUT2D eigenvalue weighted by atomic mass is 9.83. The van der Waals surface area contributed by atoms with E-state index in [0.717, 1.165) is 53.6 Å². The van der Waals surface area contributed by atoms with E-state index in [1.165, 1.54) is 0 Å². The van der Waals surface area contributed by atoms with Gasteiger partial charge in [-0.2, -0.15) is 0 Å². The fourth-order valence-electron chi connectivity index (χ4n) is 4.57. The number of amides is 2. The van der Waals surface area contributed by atoms with Crippen LogP contribution < -0.4 is 4.74 Å². The van der Waals surface area contributed by atoms with Crippen LogP contribution in [0.25, 0.3) is 10.9 Å². The molecule has 27 heavy (non-hydrogen) atoms. The first-order valence-corrected chi connectivity index (χ1v) is 9.79. The smallest absolute Gasteiger partial charge is 0.254 e. The molecule has 6 heteroatoms. The number of aromatic nitrogens is 1. The number of benzene rings is 1. The second-order valence-electron chi connectivity index (χ2n) is 7.69. The number of nitrogens with one attached hydrogen (secondary N) is 1. The predicted molar refractivity (Wildman–Crippen MR) is 104 cm³/mol. The highest BCUT2D eigenvalue weighted by Crippen LogP contribution is 2.42. The van der Waals surface area contributed by atoms with E-state index < -0.39 is 5.54 Å². The molecule has 1 aromatic heterocycles. The van der Waals surface area contributed by atoms with E-state index in [1.54, 1.807) is 16.9 Å². The summed E-state index contributed by atoms with van der Waals surface area (Å²) in [6.45, 7) is 5.44. The van der Waals surface area contributed by atoms with Gasteiger partial charge in [-0.15, -0.1) is 0 Å². The summed E-state index contributed by atoms with van der Waals surface area (Å²) in [5, 5.41) is 1.08. The van der Waals surface area contributed by atoms with Crippen LogP contribution in [0, 0.1) is 0 Å². The molecule has 0 saturated carbocycles. The van der Waals surface area contributed by atoms with Crippen LogP contribution in [0.4, 0.5) is 0 Å². The Labute approximate surface area is 159 Å². The molecule has 0 bridgehead atoms. The molecule has 0 spiro atoms. The Balaban J connectivity index is 1.78. The van der Waals surface area contributed by atoms with Gasteiger partial charge in [-0.1, -0.05) is 19.8 Å². The van der Waals surface area contributed by atoms with Gasteiger partial charge in [0.1, 0.15) is 5.75 Å². The van der Waals surface area contributed by atoms with Crippen molar-refractivity contribution in [3.63, 3.8) is 0 Å². The molecule has 1 aromatic carbocycles. The lowest BCUT2D eigenvalue weighted by molar-refractivity contribution is -0.166. The highest BCUT2D eigenvalue weighted by Gasteiger charge is 2.53. The topological polar surface area (TPSA) is 65.6 Å². The number of fused-ring (bicyclic) bond motifs is 5. The molecule has 1 atom stereocenters. The Kier molecular flexibility index (Phi) is 4.36. The van der Waals surface area contributed by atoms with E-state index in [4.69, 9.17) is 4.74 Å². The monoisotopic (exact) mass is 369 g/mol. The molecule has 6 nitrogen and oxygen atoms in total. The van der Waals surface area contributed by atoms with E-state index in [2.05, 4.69) is 11.9 Å². The summed E-state index contributed by atoms with van der Waals surface area (Å²) in [7, 11) is 1.65. The van der Waals surface area contributed by atoms with Crippen molar-refractivity contribution in [1.29, 1.82) is 0 Å². The molecule has 0 radical (unpaired) electrons. The minimum absolute atomic E-state index is 0.0256. The summed E-state index contributed by atoms with van der Waals surface area (Å²) >= 11 is 0. The third-order valence-electron chi connectivity index (χ3n) is 6.09. The molecule has 2 aliphatic rings. The molecule has 0 aliphatic carbocycles. The second kappa shape index (κ2) is 6.59. The van der Waals surface area contributed by atoms with Gasteiger partial charge in [-0.3, -0.25) is 9.59 Å². The Bertz CT molecular complexity index is 903. The molecule has 2 aromatic rings. The predicted octanol–water partition coefficient (Wildman–Crippen LogP) is 2.81. The minimum atomic E-state index is -0.957. The van der Waals surface area contributed by atoms with Crippen LogP contribution in [0.5, 0.6) is 5.75 Å². The number of piperazine rings is 1. The van der Waals surface area contributed by atoms with Crippen molar-refractivity contribution in [2.75, 3.05) is 26.7 Å². The summed E-state index contributed by atoms with van der Waals surface area (Å²) in [6, 6.07) is 5.90. The molecule has 1 N–H and O–H groups in total. The molecule has 2 amide bonds. The van der Waals surface area contributed by atoms with Crippen LogP contribution in [0.3, 0.4) is 0 Å². The van der Waals surface area contributed by atoms with E-state index in [9.17, 15) is 9.59 Å². The molecule has 4 rings (SSSR count). The number of hydrogen-bond acceptors (Lipinski definition) is 3. The zero-order valence-corrected chi connectivity index (χ0v) is 16.3. The van der Waals surface area contributed by atoms with Crippen molar-refractivity contribution in [3.05, 3.63) is 29.5 Å². The largest absolute Gasteiger partial charge is 0.497 e. The van der Waals surface area contributed by atoms with Crippen molar-refractivity contribution in [2.45, 2.75) is 45.1 Å². The molecule has 144 valence electrons. The summed E-state index contributed by atoms with van der Waals surface area (Å²) < 4.78 is 5.37. The number of rotatable bonds is 5. The zero-order chi connectivity index (χ0) is 19.2. The van der Waals surface area contributed by atoms with Crippen LogP contribution in [0.2, 0.25) is 0 Å².